The first kappa shape index (κ1) is 11.1. The highest BCUT2D eigenvalue weighted by Gasteiger charge is 2.31. The summed E-state index contributed by atoms with van der Waals surface area (Å²) in [6.45, 7) is 2.06. The van der Waals surface area contributed by atoms with Crippen LogP contribution in [-0.4, -0.2) is 28.9 Å². The predicted molar refractivity (Wildman–Crippen MR) is 52.9 cm³/mol. The van der Waals surface area contributed by atoms with E-state index in [1.165, 1.54) is 11.8 Å². The molecule has 1 N–H and O–H groups in total. The van der Waals surface area contributed by atoms with Crippen LogP contribution in [0.25, 0.3) is 0 Å². The summed E-state index contributed by atoms with van der Waals surface area (Å²) in [6.07, 6.45) is 1.76. The van der Waals surface area contributed by atoms with Crippen LogP contribution in [0.5, 0.6) is 0 Å². The van der Waals surface area contributed by atoms with Gasteiger partial charge < -0.3 is 9.84 Å². The monoisotopic (exact) mass is 216 g/mol. The second kappa shape index (κ2) is 5.05. The molecule has 4 nitrogen and oxygen atoms in total. The van der Waals surface area contributed by atoms with Crippen LogP contribution in [0, 0.1) is 5.92 Å². The number of hydrogen-bond donors (Lipinski definition) is 1. The van der Waals surface area contributed by atoms with E-state index in [-0.39, 0.29) is 17.6 Å². The summed E-state index contributed by atoms with van der Waals surface area (Å²) >= 11 is 1.37. The highest BCUT2D eigenvalue weighted by atomic mass is 32.2. The summed E-state index contributed by atoms with van der Waals surface area (Å²) in [6, 6.07) is 0. The summed E-state index contributed by atoms with van der Waals surface area (Å²) in [5, 5.41) is 10.3. The lowest BCUT2D eigenvalue weighted by Gasteiger charge is -2.13. The first-order valence-corrected chi connectivity index (χ1v) is 5.30. The number of carboxylic acid groups (broad SMARTS) is 1. The zero-order chi connectivity index (χ0) is 10.6. The smallest absolute Gasteiger partial charge is 0.311 e. The van der Waals surface area contributed by atoms with E-state index in [9.17, 15) is 9.59 Å². The Morgan fingerprint density at radius 3 is 2.86 bits per heavy atom. The van der Waals surface area contributed by atoms with E-state index in [2.05, 4.69) is 0 Å². The molecule has 0 saturated carbocycles. The highest BCUT2D eigenvalue weighted by molar-refractivity contribution is 8.03. The molecule has 0 amide bonds. The average molecular weight is 216 g/mol. The number of ether oxygens (including phenoxy) is 1. The molecule has 0 bridgehead atoms. The van der Waals surface area contributed by atoms with Crippen LogP contribution in [-0.2, 0) is 14.3 Å². The number of thioether (sulfide) groups is 1. The van der Waals surface area contributed by atoms with Gasteiger partial charge in [0, 0.05) is 5.25 Å². The Bertz CT molecular complexity index is 262. The molecule has 14 heavy (non-hydrogen) atoms. The van der Waals surface area contributed by atoms with Gasteiger partial charge in [-0.15, -0.1) is 11.8 Å². The lowest BCUT2D eigenvalue weighted by Crippen LogP contribution is -2.24. The van der Waals surface area contributed by atoms with E-state index in [1.54, 1.807) is 18.4 Å². The molecule has 5 heteroatoms. The molecule has 0 spiro atoms. The van der Waals surface area contributed by atoms with E-state index in [1.807, 2.05) is 0 Å². The molecule has 2 unspecified atom stereocenters. The van der Waals surface area contributed by atoms with Gasteiger partial charge in [-0.3, -0.25) is 9.59 Å². The standard InChI is InChI=1S/C9H12O4S/c1-2-13-8(10)5-7-6(9(11)12)3-4-14-7/h3-4,6-7H,2,5H2,1H3,(H,11,12). The van der Waals surface area contributed by atoms with E-state index in [0.29, 0.717) is 6.61 Å². The van der Waals surface area contributed by atoms with Crippen molar-refractivity contribution in [3.8, 4) is 0 Å². The molecule has 1 aliphatic rings. The number of aliphatic carboxylic acids is 1. The van der Waals surface area contributed by atoms with Crippen molar-refractivity contribution in [3.63, 3.8) is 0 Å². The zero-order valence-electron chi connectivity index (χ0n) is 7.80. The van der Waals surface area contributed by atoms with Crippen LogP contribution in [0.15, 0.2) is 11.5 Å². The number of esters is 1. The lowest BCUT2D eigenvalue weighted by atomic mass is 10.0. The van der Waals surface area contributed by atoms with E-state index in [4.69, 9.17) is 9.84 Å². The SMILES string of the molecule is CCOC(=O)CC1SC=CC1C(=O)O. The molecular formula is C9H12O4S. The number of carbonyl (C=O) groups excluding carboxylic acids is 1. The Balaban J connectivity index is 2.45. The summed E-state index contributed by atoms with van der Waals surface area (Å²) in [5.74, 6) is -1.79. The summed E-state index contributed by atoms with van der Waals surface area (Å²) in [5.41, 5.74) is 0. The van der Waals surface area contributed by atoms with Crippen LogP contribution in [0.2, 0.25) is 0 Å². The maximum absolute atomic E-state index is 11.1. The fourth-order valence-electron chi connectivity index (χ4n) is 1.24. The van der Waals surface area contributed by atoms with Crippen molar-refractivity contribution < 1.29 is 19.4 Å². The van der Waals surface area contributed by atoms with Gasteiger partial charge in [-0.2, -0.15) is 0 Å². The quantitative estimate of drug-likeness (QED) is 0.717. The lowest BCUT2D eigenvalue weighted by molar-refractivity contribution is -0.144. The van der Waals surface area contributed by atoms with Crippen LogP contribution >= 0.6 is 11.8 Å². The Morgan fingerprint density at radius 1 is 1.57 bits per heavy atom. The first-order valence-electron chi connectivity index (χ1n) is 4.35. The van der Waals surface area contributed by atoms with Crippen molar-refractivity contribution in [2.75, 3.05) is 6.61 Å². The van der Waals surface area contributed by atoms with Crippen molar-refractivity contribution in [2.24, 2.45) is 5.92 Å². The molecule has 1 aliphatic heterocycles. The molecule has 2 atom stereocenters. The maximum Gasteiger partial charge on any atom is 0.311 e. The van der Waals surface area contributed by atoms with E-state index < -0.39 is 11.9 Å². The molecule has 0 fully saturated rings. The topological polar surface area (TPSA) is 63.6 Å². The van der Waals surface area contributed by atoms with Crippen LogP contribution in [0.1, 0.15) is 13.3 Å². The molecular weight excluding hydrogens is 204 g/mol. The minimum Gasteiger partial charge on any atom is -0.481 e. The minimum atomic E-state index is -0.888. The molecule has 1 heterocycles. The van der Waals surface area contributed by atoms with Crippen molar-refractivity contribution >= 4 is 23.7 Å². The van der Waals surface area contributed by atoms with Gasteiger partial charge in [0.25, 0.3) is 0 Å². The number of rotatable bonds is 4. The first-order chi connectivity index (χ1) is 6.65. The van der Waals surface area contributed by atoms with E-state index >= 15 is 0 Å². The van der Waals surface area contributed by atoms with Gasteiger partial charge in [-0.25, -0.2) is 0 Å². The third-order valence-electron chi connectivity index (χ3n) is 1.90. The molecule has 0 radical (unpaired) electrons. The molecule has 1 rings (SSSR count). The predicted octanol–water partition coefficient (Wildman–Crippen LogP) is 1.27. The molecule has 0 aliphatic carbocycles. The van der Waals surface area contributed by atoms with Crippen LogP contribution < -0.4 is 0 Å². The van der Waals surface area contributed by atoms with Crippen LogP contribution in [0.3, 0.4) is 0 Å². The van der Waals surface area contributed by atoms with Crippen molar-refractivity contribution in [1.82, 2.24) is 0 Å². The van der Waals surface area contributed by atoms with Crippen molar-refractivity contribution in [3.05, 3.63) is 11.5 Å². The molecule has 0 aromatic rings. The van der Waals surface area contributed by atoms with Gasteiger partial charge in [-0.1, -0.05) is 6.08 Å². The second-order valence-electron chi connectivity index (χ2n) is 2.88. The second-order valence-corrected chi connectivity index (χ2v) is 4.03. The summed E-state index contributed by atoms with van der Waals surface area (Å²) < 4.78 is 4.76. The van der Waals surface area contributed by atoms with Gasteiger partial charge in [0.1, 0.15) is 0 Å². The fraction of sp³-hybridized carbons (Fsp3) is 0.556. The number of hydrogen-bond acceptors (Lipinski definition) is 4. The van der Waals surface area contributed by atoms with E-state index in [0.717, 1.165) is 0 Å². The molecule has 0 aromatic heterocycles. The molecule has 0 aromatic carbocycles. The van der Waals surface area contributed by atoms with Crippen molar-refractivity contribution in [2.45, 2.75) is 18.6 Å². The summed E-state index contributed by atoms with van der Waals surface area (Å²) in [4.78, 5) is 21.8. The van der Waals surface area contributed by atoms with Gasteiger partial charge >= 0.3 is 11.9 Å². The summed E-state index contributed by atoms with van der Waals surface area (Å²) in [7, 11) is 0. The normalized spacial score (nSPS) is 24.9. The van der Waals surface area contributed by atoms with Crippen molar-refractivity contribution in [1.29, 1.82) is 0 Å². The van der Waals surface area contributed by atoms with Gasteiger partial charge in [-0.05, 0) is 12.3 Å². The number of carbonyl (C=O) groups is 2. The minimum absolute atomic E-state index is 0.155. The number of carboxylic acids is 1. The average Bonchev–Trinajstić information content (AvgIpc) is 2.52. The fourth-order valence-corrected chi connectivity index (χ4v) is 2.31. The maximum atomic E-state index is 11.1. The van der Waals surface area contributed by atoms with Gasteiger partial charge in [0.2, 0.25) is 0 Å². The molecule has 0 saturated heterocycles. The van der Waals surface area contributed by atoms with Gasteiger partial charge in [0.05, 0.1) is 18.9 Å². The molecule has 78 valence electrons. The van der Waals surface area contributed by atoms with Crippen LogP contribution in [0.4, 0.5) is 0 Å². The third-order valence-corrected chi connectivity index (χ3v) is 3.02. The Kier molecular flexibility index (Phi) is 4.00. The Hall–Kier alpha value is -0.970. The third kappa shape index (κ3) is 2.77. The Morgan fingerprint density at radius 2 is 2.29 bits per heavy atom. The largest absolute Gasteiger partial charge is 0.481 e. The zero-order valence-corrected chi connectivity index (χ0v) is 8.62. The Labute approximate surface area is 86.3 Å². The van der Waals surface area contributed by atoms with Gasteiger partial charge in [0.15, 0.2) is 0 Å². The highest BCUT2D eigenvalue weighted by Crippen LogP contribution is 2.32.